The van der Waals surface area contributed by atoms with Gasteiger partial charge in [-0.05, 0) is 23.3 Å². The number of halogens is 1. The summed E-state index contributed by atoms with van der Waals surface area (Å²) < 4.78 is 5.26. The van der Waals surface area contributed by atoms with Gasteiger partial charge in [0.25, 0.3) is 0 Å². The smallest absolute Gasteiger partial charge is 0.246 e. The van der Waals surface area contributed by atoms with E-state index in [1.54, 1.807) is 6.07 Å². The lowest BCUT2D eigenvalue weighted by atomic mass is 9.88. The Bertz CT molecular complexity index is 1070. The molecule has 0 aliphatic rings. The van der Waals surface area contributed by atoms with Gasteiger partial charge in [0.05, 0.1) is 11.6 Å². The maximum Gasteiger partial charge on any atom is 0.246 e. The molecule has 6 heteroatoms. The minimum atomic E-state index is -0.0924. The van der Waals surface area contributed by atoms with Crippen LogP contribution in [-0.4, -0.2) is 16.0 Å². The van der Waals surface area contributed by atoms with Gasteiger partial charge in [0.2, 0.25) is 17.6 Å². The third-order valence-corrected chi connectivity index (χ3v) is 5.14. The zero-order valence-electron chi connectivity index (χ0n) is 16.2. The SMILES string of the molecule is O=C(CC(c1ccccc1)c1ccccc1)NCc1nc(-c2ccccc2Cl)no1. The molecule has 0 unspecified atom stereocenters. The molecule has 0 saturated heterocycles. The van der Waals surface area contributed by atoms with E-state index in [2.05, 4.69) is 15.5 Å². The van der Waals surface area contributed by atoms with Crippen molar-refractivity contribution in [1.82, 2.24) is 15.5 Å². The first kappa shape index (κ1) is 19.9. The summed E-state index contributed by atoms with van der Waals surface area (Å²) in [4.78, 5) is 17.0. The molecule has 150 valence electrons. The minimum Gasteiger partial charge on any atom is -0.347 e. The van der Waals surface area contributed by atoms with E-state index in [0.717, 1.165) is 11.1 Å². The van der Waals surface area contributed by atoms with Crippen LogP contribution in [0.1, 0.15) is 29.4 Å². The molecule has 3 aromatic carbocycles. The van der Waals surface area contributed by atoms with Crippen molar-refractivity contribution in [3.8, 4) is 11.4 Å². The van der Waals surface area contributed by atoms with E-state index in [0.29, 0.717) is 28.7 Å². The number of carbonyl (C=O) groups excluding carboxylic acids is 1. The second-order valence-electron chi connectivity index (χ2n) is 6.85. The molecule has 0 aliphatic heterocycles. The van der Waals surface area contributed by atoms with Crippen molar-refractivity contribution in [3.63, 3.8) is 0 Å². The molecule has 0 saturated carbocycles. The van der Waals surface area contributed by atoms with Crippen LogP contribution in [0.2, 0.25) is 5.02 Å². The molecule has 5 nitrogen and oxygen atoms in total. The largest absolute Gasteiger partial charge is 0.347 e. The fraction of sp³-hybridized carbons (Fsp3) is 0.125. The van der Waals surface area contributed by atoms with Gasteiger partial charge in [0, 0.05) is 17.9 Å². The van der Waals surface area contributed by atoms with Crippen LogP contribution in [0.25, 0.3) is 11.4 Å². The lowest BCUT2D eigenvalue weighted by Crippen LogP contribution is -2.25. The normalized spacial score (nSPS) is 10.9. The number of aromatic nitrogens is 2. The van der Waals surface area contributed by atoms with Crippen LogP contribution in [0.3, 0.4) is 0 Å². The molecule has 0 bridgehead atoms. The molecule has 0 fully saturated rings. The fourth-order valence-electron chi connectivity index (χ4n) is 3.31. The Morgan fingerprint density at radius 1 is 0.900 bits per heavy atom. The highest BCUT2D eigenvalue weighted by molar-refractivity contribution is 6.33. The van der Waals surface area contributed by atoms with Gasteiger partial charge in [-0.15, -0.1) is 0 Å². The maximum absolute atomic E-state index is 12.7. The Labute approximate surface area is 179 Å². The van der Waals surface area contributed by atoms with Crippen molar-refractivity contribution in [2.45, 2.75) is 18.9 Å². The van der Waals surface area contributed by atoms with Gasteiger partial charge in [-0.25, -0.2) is 0 Å². The van der Waals surface area contributed by atoms with Crippen molar-refractivity contribution in [2.24, 2.45) is 0 Å². The van der Waals surface area contributed by atoms with E-state index in [4.69, 9.17) is 16.1 Å². The first-order chi connectivity index (χ1) is 14.7. The number of carbonyl (C=O) groups is 1. The highest BCUT2D eigenvalue weighted by Gasteiger charge is 2.19. The Hall–Kier alpha value is -3.44. The second kappa shape index (κ2) is 9.37. The summed E-state index contributed by atoms with van der Waals surface area (Å²) >= 11 is 6.18. The zero-order valence-corrected chi connectivity index (χ0v) is 16.9. The van der Waals surface area contributed by atoms with E-state index >= 15 is 0 Å². The lowest BCUT2D eigenvalue weighted by molar-refractivity contribution is -0.121. The first-order valence-corrected chi connectivity index (χ1v) is 10.0. The number of nitrogens with zero attached hydrogens (tertiary/aromatic N) is 2. The van der Waals surface area contributed by atoms with Gasteiger partial charge < -0.3 is 9.84 Å². The van der Waals surface area contributed by atoms with Crippen molar-refractivity contribution in [3.05, 3.63) is 107 Å². The number of amides is 1. The molecule has 0 radical (unpaired) electrons. The van der Waals surface area contributed by atoms with Crippen LogP contribution in [0, 0.1) is 0 Å². The van der Waals surface area contributed by atoms with E-state index in [-0.39, 0.29) is 18.4 Å². The topological polar surface area (TPSA) is 68.0 Å². The molecule has 1 heterocycles. The molecule has 0 aliphatic carbocycles. The van der Waals surface area contributed by atoms with E-state index in [1.807, 2.05) is 78.9 Å². The van der Waals surface area contributed by atoms with Crippen molar-refractivity contribution < 1.29 is 9.32 Å². The van der Waals surface area contributed by atoms with Crippen molar-refractivity contribution >= 4 is 17.5 Å². The zero-order chi connectivity index (χ0) is 20.8. The van der Waals surface area contributed by atoms with Crippen molar-refractivity contribution in [2.75, 3.05) is 0 Å². The molecule has 30 heavy (non-hydrogen) atoms. The number of hydrogen-bond donors (Lipinski definition) is 1. The van der Waals surface area contributed by atoms with Gasteiger partial charge in [0.15, 0.2) is 0 Å². The summed E-state index contributed by atoms with van der Waals surface area (Å²) in [6.07, 6.45) is 0.319. The predicted molar refractivity (Wildman–Crippen MR) is 116 cm³/mol. The van der Waals surface area contributed by atoms with E-state index < -0.39 is 0 Å². The van der Waals surface area contributed by atoms with Gasteiger partial charge >= 0.3 is 0 Å². The average molecular weight is 418 g/mol. The number of hydrogen-bond acceptors (Lipinski definition) is 4. The van der Waals surface area contributed by atoms with Gasteiger partial charge in [0.1, 0.15) is 0 Å². The van der Waals surface area contributed by atoms with Crippen LogP contribution in [-0.2, 0) is 11.3 Å². The van der Waals surface area contributed by atoms with E-state index in [1.165, 1.54) is 0 Å². The molecule has 0 atom stereocenters. The lowest BCUT2D eigenvalue weighted by Gasteiger charge is -2.17. The van der Waals surface area contributed by atoms with Crippen LogP contribution in [0.15, 0.2) is 89.5 Å². The standard InChI is InChI=1S/C24H20ClN3O2/c25-21-14-8-7-13-19(21)24-27-23(30-28-24)16-26-22(29)15-20(17-9-3-1-4-10-17)18-11-5-2-6-12-18/h1-14,20H,15-16H2,(H,26,29). The Balaban J connectivity index is 1.43. The molecule has 0 spiro atoms. The number of benzene rings is 3. The third-order valence-electron chi connectivity index (χ3n) is 4.81. The third kappa shape index (κ3) is 4.75. The van der Waals surface area contributed by atoms with Gasteiger partial charge in [-0.3, -0.25) is 4.79 Å². The molecule has 4 aromatic rings. The van der Waals surface area contributed by atoms with Crippen molar-refractivity contribution in [1.29, 1.82) is 0 Å². The monoisotopic (exact) mass is 417 g/mol. The van der Waals surface area contributed by atoms with Crippen LogP contribution < -0.4 is 5.32 Å². The summed E-state index contributed by atoms with van der Waals surface area (Å²) in [5.41, 5.74) is 2.88. The van der Waals surface area contributed by atoms with Crippen LogP contribution in [0.5, 0.6) is 0 Å². The van der Waals surface area contributed by atoms with E-state index in [9.17, 15) is 4.79 Å². The minimum absolute atomic E-state index is 0.0335. The highest BCUT2D eigenvalue weighted by atomic mass is 35.5. The summed E-state index contributed by atoms with van der Waals surface area (Å²) in [6, 6.07) is 27.3. The Morgan fingerprint density at radius 3 is 2.13 bits per heavy atom. The number of nitrogens with one attached hydrogen (secondary N) is 1. The summed E-state index contributed by atoms with van der Waals surface area (Å²) in [7, 11) is 0. The molecule has 1 amide bonds. The summed E-state index contributed by atoms with van der Waals surface area (Å²) in [5, 5.41) is 7.38. The first-order valence-electron chi connectivity index (χ1n) is 9.65. The Morgan fingerprint density at radius 2 is 1.50 bits per heavy atom. The molecular weight excluding hydrogens is 398 g/mol. The maximum atomic E-state index is 12.7. The average Bonchev–Trinajstić information content (AvgIpc) is 3.26. The van der Waals surface area contributed by atoms with Gasteiger partial charge in [-0.1, -0.05) is 89.6 Å². The molecular formula is C24H20ClN3O2. The molecule has 1 aromatic heterocycles. The number of rotatable bonds is 7. The second-order valence-corrected chi connectivity index (χ2v) is 7.25. The van der Waals surface area contributed by atoms with Crippen LogP contribution in [0.4, 0.5) is 0 Å². The summed E-state index contributed by atoms with van der Waals surface area (Å²) in [6.45, 7) is 0.159. The molecule has 1 N–H and O–H groups in total. The molecule has 4 rings (SSSR count). The highest BCUT2D eigenvalue weighted by Crippen LogP contribution is 2.28. The summed E-state index contributed by atoms with van der Waals surface area (Å²) in [5.74, 6) is 0.601. The van der Waals surface area contributed by atoms with Gasteiger partial charge in [-0.2, -0.15) is 4.98 Å². The quantitative estimate of drug-likeness (QED) is 0.447. The van der Waals surface area contributed by atoms with Crippen LogP contribution >= 0.6 is 11.6 Å². The predicted octanol–water partition coefficient (Wildman–Crippen LogP) is 5.23. The Kier molecular flexibility index (Phi) is 6.20. The fourth-order valence-corrected chi connectivity index (χ4v) is 3.53.